The predicted molar refractivity (Wildman–Crippen MR) is 91.2 cm³/mol. The average molecular weight is 333 g/mol. The molecule has 0 atom stereocenters. The molecule has 0 aliphatic heterocycles. The van der Waals surface area contributed by atoms with Gasteiger partial charge >= 0.3 is 0 Å². The second-order valence-electron chi connectivity index (χ2n) is 5.13. The molecule has 0 unspecified atom stereocenters. The molecule has 0 fully saturated rings. The molecule has 3 nitrogen and oxygen atoms in total. The van der Waals surface area contributed by atoms with Crippen LogP contribution in [0, 0.1) is 5.82 Å². The van der Waals surface area contributed by atoms with Crippen LogP contribution >= 0.6 is 11.8 Å². The van der Waals surface area contributed by atoms with Gasteiger partial charge in [-0.05, 0) is 29.8 Å². The summed E-state index contributed by atoms with van der Waals surface area (Å²) < 4.78 is 18.6. The van der Waals surface area contributed by atoms with Crippen molar-refractivity contribution in [2.75, 3.05) is 19.9 Å². The van der Waals surface area contributed by atoms with Gasteiger partial charge in [0.25, 0.3) is 0 Å². The van der Waals surface area contributed by atoms with Gasteiger partial charge in [-0.2, -0.15) is 0 Å². The quantitative estimate of drug-likeness (QED) is 0.718. The molecule has 0 spiro atoms. The number of carbonyl (C=O) groups is 1. The third-order valence-electron chi connectivity index (χ3n) is 3.41. The molecule has 23 heavy (non-hydrogen) atoms. The van der Waals surface area contributed by atoms with Crippen LogP contribution in [0.25, 0.3) is 0 Å². The fourth-order valence-corrected chi connectivity index (χ4v) is 2.97. The number of benzene rings is 2. The first-order valence-corrected chi connectivity index (χ1v) is 8.33. The number of thioether (sulfide) groups is 1. The maximum atomic E-state index is 13.5. The van der Waals surface area contributed by atoms with Gasteiger partial charge in [-0.25, -0.2) is 4.39 Å². The fraction of sp³-hybridized carbons (Fsp3) is 0.278. The molecule has 0 saturated heterocycles. The van der Waals surface area contributed by atoms with E-state index < -0.39 is 0 Å². The second kappa shape index (κ2) is 8.58. The number of rotatable bonds is 7. The minimum Gasteiger partial charge on any atom is -0.497 e. The number of hydrogen-bond donors (Lipinski definition) is 0. The molecule has 0 N–H and O–H groups in total. The molecule has 0 heterocycles. The van der Waals surface area contributed by atoms with E-state index in [1.807, 2.05) is 24.3 Å². The maximum absolute atomic E-state index is 13.5. The number of hydrogen-bond acceptors (Lipinski definition) is 3. The second-order valence-corrected chi connectivity index (χ2v) is 6.26. The third kappa shape index (κ3) is 5.28. The summed E-state index contributed by atoms with van der Waals surface area (Å²) >= 11 is 1.36. The number of halogens is 1. The topological polar surface area (TPSA) is 29.5 Å². The van der Waals surface area contributed by atoms with Gasteiger partial charge in [0.1, 0.15) is 11.6 Å². The highest BCUT2D eigenvalue weighted by molar-refractivity contribution is 7.99. The Morgan fingerprint density at radius 1 is 1.17 bits per heavy atom. The highest BCUT2D eigenvalue weighted by atomic mass is 32.2. The highest BCUT2D eigenvalue weighted by Crippen LogP contribution is 2.22. The Hall–Kier alpha value is -2.01. The number of methoxy groups -OCH3 is 1. The van der Waals surface area contributed by atoms with Crippen molar-refractivity contribution in [1.82, 2.24) is 4.90 Å². The zero-order chi connectivity index (χ0) is 16.7. The molecule has 1 amide bonds. The number of ether oxygens (including phenoxy) is 1. The van der Waals surface area contributed by atoms with Gasteiger partial charge in [-0.3, -0.25) is 4.79 Å². The molecule has 0 aliphatic carbocycles. The van der Waals surface area contributed by atoms with Crippen LogP contribution in [0.15, 0.2) is 53.4 Å². The van der Waals surface area contributed by atoms with Crippen molar-refractivity contribution in [3.05, 3.63) is 59.9 Å². The van der Waals surface area contributed by atoms with Crippen LogP contribution in [0.4, 0.5) is 4.39 Å². The monoisotopic (exact) mass is 333 g/mol. The van der Waals surface area contributed by atoms with E-state index in [0.717, 1.165) is 11.3 Å². The SMILES string of the molecule is COc1ccc(CN(C)C(=O)CCSc2ccccc2F)cc1. The lowest BCUT2D eigenvalue weighted by atomic mass is 10.2. The normalized spacial score (nSPS) is 10.4. The maximum Gasteiger partial charge on any atom is 0.223 e. The van der Waals surface area contributed by atoms with Crippen molar-refractivity contribution in [3.8, 4) is 5.75 Å². The molecule has 2 aromatic rings. The summed E-state index contributed by atoms with van der Waals surface area (Å²) in [5.74, 6) is 1.16. The minimum absolute atomic E-state index is 0.0460. The molecular weight excluding hydrogens is 313 g/mol. The fourth-order valence-electron chi connectivity index (χ4n) is 2.09. The van der Waals surface area contributed by atoms with Crippen LogP contribution in [0.3, 0.4) is 0 Å². The van der Waals surface area contributed by atoms with Gasteiger partial charge in [0.2, 0.25) is 5.91 Å². The summed E-state index contributed by atoms with van der Waals surface area (Å²) in [5.41, 5.74) is 1.04. The van der Waals surface area contributed by atoms with Gasteiger partial charge in [-0.1, -0.05) is 24.3 Å². The first kappa shape index (κ1) is 17.3. The van der Waals surface area contributed by atoms with Crippen molar-refractivity contribution in [1.29, 1.82) is 0 Å². The van der Waals surface area contributed by atoms with Gasteiger partial charge in [0.15, 0.2) is 0 Å². The largest absolute Gasteiger partial charge is 0.497 e. The molecule has 0 radical (unpaired) electrons. The Morgan fingerprint density at radius 3 is 2.52 bits per heavy atom. The van der Waals surface area contributed by atoms with Crippen molar-refractivity contribution in [2.24, 2.45) is 0 Å². The van der Waals surface area contributed by atoms with E-state index in [-0.39, 0.29) is 11.7 Å². The molecular formula is C18H20FNO2S. The van der Waals surface area contributed by atoms with Crippen LogP contribution < -0.4 is 4.74 Å². The van der Waals surface area contributed by atoms with Crippen molar-refractivity contribution in [2.45, 2.75) is 17.9 Å². The van der Waals surface area contributed by atoms with E-state index >= 15 is 0 Å². The van der Waals surface area contributed by atoms with Crippen LogP contribution in [-0.2, 0) is 11.3 Å². The Labute approximate surface area is 140 Å². The van der Waals surface area contributed by atoms with E-state index in [0.29, 0.717) is 23.6 Å². The molecule has 2 aromatic carbocycles. The van der Waals surface area contributed by atoms with Crippen molar-refractivity contribution in [3.63, 3.8) is 0 Å². The number of nitrogens with zero attached hydrogens (tertiary/aromatic N) is 1. The van der Waals surface area contributed by atoms with Gasteiger partial charge < -0.3 is 9.64 Å². The summed E-state index contributed by atoms with van der Waals surface area (Å²) in [7, 11) is 3.40. The Kier molecular flexibility index (Phi) is 6.47. The third-order valence-corrected chi connectivity index (χ3v) is 4.47. The number of carbonyl (C=O) groups excluding carboxylic acids is 1. The first-order valence-electron chi connectivity index (χ1n) is 7.34. The summed E-state index contributed by atoms with van der Waals surface area (Å²) in [6, 6.07) is 14.2. The van der Waals surface area contributed by atoms with E-state index in [1.54, 1.807) is 37.3 Å². The standard InChI is InChI=1S/C18H20FNO2S/c1-20(13-14-7-9-15(22-2)10-8-14)18(21)11-12-23-17-6-4-3-5-16(17)19/h3-10H,11-13H2,1-2H3. The molecule has 0 saturated carbocycles. The molecule has 5 heteroatoms. The molecule has 0 aromatic heterocycles. The van der Waals surface area contributed by atoms with Crippen LogP contribution in [-0.4, -0.2) is 30.7 Å². The van der Waals surface area contributed by atoms with Gasteiger partial charge in [0.05, 0.1) is 7.11 Å². The lowest BCUT2D eigenvalue weighted by Crippen LogP contribution is -2.26. The zero-order valence-corrected chi connectivity index (χ0v) is 14.1. The van der Waals surface area contributed by atoms with Crippen LogP contribution in [0.2, 0.25) is 0 Å². The van der Waals surface area contributed by atoms with Crippen molar-refractivity contribution >= 4 is 17.7 Å². The average Bonchev–Trinajstić information content (AvgIpc) is 2.57. The molecule has 0 aliphatic rings. The summed E-state index contributed by atoms with van der Waals surface area (Å²) in [6.45, 7) is 0.549. The lowest BCUT2D eigenvalue weighted by molar-refractivity contribution is -0.129. The lowest BCUT2D eigenvalue weighted by Gasteiger charge is -2.17. The first-order chi connectivity index (χ1) is 11.1. The van der Waals surface area contributed by atoms with E-state index in [1.165, 1.54) is 17.8 Å². The minimum atomic E-state index is -0.239. The Balaban J connectivity index is 1.79. The number of amides is 1. The van der Waals surface area contributed by atoms with Gasteiger partial charge in [0, 0.05) is 30.7 Å². The summed E-state index contributed by atoms with van der Waals surface area (Å²) in [6.07, 6.45) is 0.381. The Morgan fingerprint density at radius 2 is 1.87 bits per heavy atom. The van der Waals surface area contributed by atoms with Crippen LogP contribution in [0.1, 0.15) is 12.0 Å². The van der Waals surface area contributed by atoms with E-state index in [9.17, 15) is 9.18 Å². The van der Waals surface area contributed by atoms with E-state index in [4.69, 9.17) is 4.74 Å². The zero-order valence-electron chi connectivity index (χ0n) is 13.3. The predicted octanol–water partition coefficient (Wildman–Crippen LogP) is 3.98. The van der Waals surface area contributed by atoms with Crippen LogP contribution in [0.5, 0.6) is 5.75 Å². The summed E-state index contributed by atoms with van der Waals surface area (Å²) in [4.78, 5) is 14.4. The molecule has 122 valence electrons. The molecule has 2 rings (SSSR count). The van der Waals surface area contributed by atoms with Crippen molar-refractivity contribution < 1.29 is 13.9 Å². The smallest absolute Gasteiger partial charge is 0.223 e. The van der Waals surface area contributed by atoms with Gasteiger partial charge in [-0.15, -0.1) is 11.8 Å². The molecule has 0 bridgehead atoms. The highest BCUT2D eigenvalue weighted by Gasteiger charge is 2.10. The van der Waals surface area contributed by atoms with E-state index in [2.05, 4.69) is 0 Å². The Bertz CT molecular complexity index is 646. The summed E-state index contributed by atoms with van der Waals surface area (Å²) in [5, 5.41) is 0.